The van der Waals surface area contributed by atoms with Crippen LogP contribution in [0.2, 0.25) is 0 Å². The van der Waals surface area contributed by atoms with Crippen molar-refractivity contribution in [2.75, 3.05) is 11.4 Å². The second-order valence-corrected chi connectivity index (χ2v) is 9.12. The van der Waals surface area contributed by atoms with Crippen LogP contribution in [0.3, 0.4) is 0 Å². The van der Waals surface area contributed by atoms with Crippen LogP contribution in [0.1, 0.15) is 46.0 Å². The molecule has 0 fully saturated rings. The Balaban J connectivity index is 1.46. The maximum Gasteiger partial charge on any atom is 0.270 e. The number of carbonyl (C=O) groups excluding carboxylic acids is 2. The van der Waals surface area contributed by atoms with Gasteiger partial charge in [-0.3, -0.25) is 14.4 Å². The molecule has 4 aromatic rings. The zero-order chi connectivity index (χ0) is 24.4. The van der Waals surface area contributed by atoms with Gasteiger partial charge in [0.25, 0.3) is 11.5 Å². The summed E-state index contributed by atoms with van der Waals surface area (Å²) in [5.41, 5.74) is 3.41. The number of hydrogen-bond donors (Lipinski definition) is 0. The second kappa shape index (κ2) is 9.71. The lowest BCUT2D eigenvalue weighted by Gasteiger charge is -2.21. The Morgan fingerprint density at radius 1 is 0.886 bits per heavy atom. The molecule has 0 saturated carbocycles. The first kappa shape index (κ1) is 22.8. The minimum Gasteiger partial charge on any atom is -0.308 e. The Morgan fingerprint density at radius 3 is 2.20 bits per heavy atom. The molecular formula is C30H28N2O3. The summed E-state index contributed by atoms with van der Waals surface area (Å²) in [5, 5.41) is 0.696. The first-order valence-electron chi connectivity index (χ1n) is 12.2. The standard InChI is InChI=1S/C30H28N2O3/c1-2-31(25-13-4-3-5-14-25)29(34)26-20-24-12-8-9-15-27(24)32(30(26)35)28(33)17-16-21-18-22-10-6-7-11-23(22)19-21/h3-15,20-21H,2,16-19H2,1H3. The number of aromatic nitrogens is 1. The van der Waals surface area contributed by atoms with Gasteiger partial charge in [0, 0.05) is 18.7 Å². The lowest BCUT2D eigenvalue weighted by Crippen LogP contribution is -2.38. The molecule has 0 saturated heterocycles. The summed E-state index contributed by atoms with van der Waals surface area (Å²) in [4.78, 5) is 42.1. The number of benzene rings is 3. The molecule has 0 bridgehead atoms. The smallest absolute Gasteiger partial charge is 0.270 e. The fourth-order valence-electron chi connectivity index (χ4n) is 5.15. The van der Waals surface area contributed by atoms with Crippen LogP contribution in [0, 0.1) is 5.92 Å². The van der Waals surface area contributed by atoms with E-state index in [1.165, 1.54) is 15.7 Å². The Bertz CT molecular complexity index is 1430. The van der Waals surface area contributed by atoms with Gasteiger partial charge in [0.2, 0.25) is 5.91 Å². The molecule has 0 N–H and O–H groups in total. The third kappa shape index (κ3) is 4.42. The number of hydrogen-bond acceptors (Lipinski definition) is 3. The molecule has 1 aliphatic carbocycles. The van der Waals surface area contributed by atoms with E-state index in [9.17, 15) is 14.4 Å². The number of carbonyl (C=O) groups is 2. The van der Waals surface area contributed by atoms with Crippen LogP contribution < -0.4 is 10.5 Å². The number of fused-ring (bicyclic) bond motifs is 2. The molecule has 1 aromatic heterocycles. The summed E-state index contributed by atoms with van der Waals surface area (Å²) in [6.07, 6.45) is 2.88. The Kier molecular flexibility index (Phi) is 6.32. The van der Waals surface area contributed by atoms with Crippen molar-refractivity contribution in [2.45, 2.75) is 32.6 Å². The van der Waals surface area contributed by atoms with Crippen molar-refractivity contribution in [3.8, 4) is 0 Å². The Labute approximate surface area is 204 Å². The van der Waals surface area contributed by atoms with E-state index in [0.717, 1.165) is 12.8 Å². The van der Waals surface area contributed by atoms with Gasteiger partial charge in [0.15, 0.2) is 0 Å². The van der Waals surface area contributed by atoms with Gasteiger partial charge in [-0.2, -0.15) is 0 Å². The average Bonchev–Trinajstić information content (AvgIpc) is 3.31. The number of nitrogens with zero attached hydrogens (tertiary/aromatic N) is 2. The first-order chi connectivity index (χ1) is 17.1. The zero-order valence-electron chi connectivity index (χ0n) is 19.8. The van der Waals surface area contributed by atoms with E-state index in [1.807, 2.05) is 55.5 Å². The van der Waals surface area contributed by atoms with Gasteiger partial charge >= 0.3 is 0 Å². The average molecular weight is 465 g/mol. The van der Waals surface area contributed by atoms with E-state index >= 15 is 0 Å². The predicted octanol–water partition coefficient (Wildman–Crippen LogP) is 5.50. The SMILES string of the molecule is CCN(C(=O)c1cc2ccccc2n(C(=O)CCC2Cc3ccccc3C2)c1=O)c1ccccc1. The van der Waals surface area contributed by atoms with E-state index in [1.54, 1.807) is 17.0 Å². The molecule has 176 valence electrons. The highest BCUT2D eigenvalue weighted by Crippen LogP contribution is 2.29. The van der Waals surface area contributed by atoms with Gasteiger partial charge in [0.05, 0.1) is 5.52 Å². The van der Waals surface area contributed by atoms with Gasteiger partial charge in [-0.15, -0.1) is 0 Å². The minimum atomic E-state index is -0.553. The summed E-state index contributed by atoms with van der Waals surface area (Å²) in [5.74, 6) is -0.279. The highest BCUT2D eigenvalue weighted by molar-refractivity contribution is 6.08. The monoisotopic (exact) mass is 464 g/mol. The lowest BCUT2D eigenvalue weighted by molar-refractivity contribution is 0.0894. The van der Waals surface area contributed by atoms with E-state index in [2.05, 4.69) is 24.3 Å². The molecule has 0 spiro atoms. The lowest BCUT2D eigenvalue weighted by atomic mass is 9.99. The van der Waals surface area contributed by atoms with Crippen LogP contribution in [0.25, 0.3) is 10.9 Å². The van der Waals surface area contributed by atoms with E-state index < -0.39 is 11.5 Å². The maximum atomic E-state index is 13.6. The molecular weight excluding hydrogens is 436 g/mol. The third-order valence-electron chi connectivity index (χ3n) is 6.92. The highest BCUT2D eigenvalue weighted by Gasteiger charge is 2.25. The fraction of sp³-hybridized carbons (Fsp3) is 0.233. The van der Waals surface area contributed by atoms with E-state index in [-0.39, 0.29) is 17.9 Å². The molecule has 0 atom stereocenters. The van der Waals surface area contributed by atoms with Gasteiger partial charge in [-0.1, -0.05) is 60.7 Å². The molecule has 35 heavy (non-hydrogen) atoms. The normalized spacial score (nSPS) is 13.1. The van der Waals surface area contributed by atoms with Crippen LogP contribution in [-0.4, -0.2) is 22.9 Å². The summed E-state index contributed by atoms with van der Waals surface area (Å²) in [6.45, 7) is 2.28. The first-order valence-corrected chi connectivity index (χ1v) is 12.2. The topological polar surface area (TPSA) is 59.4 Å². The van der Waals surface area contributed by atoms with Crippen LogP contribution in [-0.2, 0) is 12.8 Å². The molecule has 5 heteroatoms. The molecule has 5 nitrogen and oxygen atoms in total. The third-order valence-corrected chi connectivity index (χ3v) is 6.92. The summed E-state index contributed by atoms with van der Waals surface area (Å²) < 4.78 is 1.21. The minimum absolute atomic E-state index is 0.0102. The van der Waals surface area contributed by atoms with Crippen molar-refractivity contribution >= 4 is 28.4 Å². The number of para-hydroxylation sites is 2. The molecule has 1 heterocycles. The molecule has 0 unspecified atom stereocenters. The van der Waals surface area contributed by atoms with Crippen LogP contribution >= 0.6 is 0 Å². The van der Waals surface area contributed by atoms with Crippen LogP contribution in [0.5, 0.6) is 0 Å². The molecule has 1 amide bonds. The second-order valence-electron chi connectivity index (χ2n) is 9.12. The molecule has 1 aliphatic rings. The summed E-state index contributed by atoms with van der Waals surface area (Å²) >= 11 is 0. The van der Waals surface area contributed by atoms with Crippen LogP contribution in [0.15, 0.2) is 89.7 Å². The molecule has 0 aliphatic heterocycles. The summed E-state index contributed by atoms with van der Waals surface area (Å²) in [6, 6.07) is 26.5. The van der Waals surface area contributed by atoms with Gasteiger partial charge in [-0.25, -0.2) is 4.57 Å². The Morgan fingerprint density at radius 2 is 1.51 bits per heavy atom. The van der Waals surface area contributed by atoms with Crippen molar-refractivity contribution in [2.24, 2.45) is 5.92 Å². The quantitative estimate of drug-likeness (QED) is 0.378. The van der Waals surface area contributed by atoms with Gasteiger partial charge in [0.1, 0.15) is 5.56 Å². The molecule has 3 aromatic carbocycles. The van der Waals surface area contributed by atoms with Gasteiger partial charge in [-0.05, 0) is 72.9 Å². The van der Waals surface area contributed by atoms with E-state index in [4.69, 9.17) is 0 Å². The number of anilines is 1. The number of amides is 1. The fourth-order valence-corrected chi connectivity index (χ4v) is 5.15. The summed E-state index contributed by atoms with van der Waals surface area (Å²) in [7, 11) is 0. The van der Waals surface area contributed by atoms with E-state index in [0.29, 0.717) is 35.5 Å². The number of pyridine rings is 1. The number of rotatable bonds is 6. The van der Waals surface area contributed by atoms with Crippen molar-refractivity contribution in [3.05, 3.63) is 112 Å². The highest BCUT2D eigenvalue weighted by atomic mass is 16.2. The maximum absolute atomic E-state index is 13.6. The van der Waals surface area contributed by atoms with Crippen molar-refractivity contribution in [1.82, 2.24) is 4.57 Å². The molecule has 0 radical (unpaired) electrons. The predicted molar refractivity (Wildman–Crippen MR) is 139 cm³/mol. The van der Waals surface area contributed by atoms with Crippen molar-refractivity contribution < 1.29 is 9.59 Å². The Hall–Kier alpha value is -3.99. The van der Waals surface area contributed by atoms with Crippen LogP contribution in [0.4, 0.5) is 5.69 Å². The zero-order valence-corrected chi connectivity index (χ0v) is 19.8. The molecule has 5 rings (SSSR count). The van der Waals surface area contributed by atoms with Gasteiger partial charge < -0.3 is 4.90 Å². The largest absolute Gasteiger partial charge is 0.308 e. The van der Waals surface area contributed by atoms with Crippen molar-refractivity contribution in [3.63, 3.8) is 0 Å². The van der Waals surface area contributed by atoms with Crippen molar-refractivity contribution in [1.29, 1.82) is 0 Å².